The molecule has 124 valence electrons. The van der Waals surface area contributed by atoms with Gasteiger partial charge in [0.2, 0.25) is 0 Å². The fraction of sp³-hybridized carbons (Fsp3) is 0.118. The average molecular weight is 329 g/mol. The molecule has 0 unspecified atom stereocenters. The van der Waals surface area contributed by atoms with Crippen LogP contribution in [0.25, 0.3) is 0 Å². The number of para-hydroxylation sites is 1. The highest BCUT2D eigenvalue weighted by atomic mass is 17.1. The Bertz CT molecular complexity index is 784. The molecule has 0 saturated heterocycles. The van der Waals surface area contributed by atoms with Crippen LogP contribution in [0.15, 0.2) is 48.5 Å². The zero-order valence-corrected chi connectivity index (χ0v) is 13.1. The van der Waals surface area contributed by atoms with Crippen molar-refractivity contribution in [3.8, 4) is 5.75 Å². The highest BCUT2D eigenvalue weighted by molar-refractivity contribution is 6.15. The van der Waals surface area contributed by atoms with Gasteiger partial charge < -0.3 is 9.64 Å². The second-order valence-electron chi connectivity index (χ2n) is 5.01. The third-order valence-corrected chi connectivity index (χ3v) is 3.17. The van der Waals surface area contributed by atoms with Crippen LogP contribution in [0.5, 0.6) is 5.75 Å². The fourth-order valence-corrected chi connectivity index (χ4v) is 1.98. The molecule has 2 aromatic carbocycles. The molecule has 0 spiro atoms. The van der Waals surface area contributed by atoms with Crippen molar-refractivity contribution < 1.29 is 29.3 Å². The Labute approximate surface area is 138 Å². The maximum Gasteiger partial charge on any atom is 0.414 e. The smallest absolute Gasteiger partial charge is 0.409 e. The summed E-state index contributed by atoms with van der Waals surface area (Å²) in [5.41, 5.74) is 0.0227. The van der Waals surface area contributed by atoms with Crippen molar-refractivity contribution >= 4 is 17.8 Å². The van der Waals surface area contributed by atoms with E-state index in [1.165, 1.54) is 49.3 Å². The summed E-state index contributed by atoms with van der Waals surface area (Å²) in [4.78, 5) is 41.0. The monoisotopic (exact) mass is 329 g/mol. The number of benzene rings is 2. The maximum atomic E-state index is 12.8. The van der Waals surface area contributed by atoms with E-state index in [-0.39, 0.29) is 22.4 Å². The van der Waals surface area contributed by atoms with E-state index in [1.807, 2.05) is 0 Å². The van der Waals surface area contributed by atoms with Crippen molar-refractivity contribution in [2.45, 2.75) is 0 Å². The molecule has 0 bridgehead atoms. The van der Waals surface area contributed by atoms with Crippen LogP contribution in [0.3, 0.4) is 0 Å². The largest absolute Gasteiger partial charge is 0.414 e. The van der Waals surface area contributed by atoms with Crippen molar-refractivity contribution in [3.63, 3.8) is 0 Å². The van der Waals surface area contributed by atoms with E-state index in [0.29, 0.717) is 0 Å². The van der Waals surface area contributed by atoms with Gasteiger partial charge in [-0.1, -0.05) is 30.3 Å². The van der Waals surface area contributed by atoms with Gasteiger partial charge in [-0.2, -0.15) is 5.26 Å². The number of rotatable bonds is 4. The number of carbonyl (C=O) groups is 3. The van der Waals surface area contributed by atoms with E-state index in [1.54, 1.807) is 18.2 Å². The summed E-state index contributed by atoms with van der Waals surface area (Å²) in [6, 6.07) is 12.0. The van der Waals surface area contributed by atoms with Crippen molar-refractivity contribution in [2.75, 3.05) is 14.1 Å². The van der Waals surface area contributed by atoms with Gasteiger partial charge in [-0.25, -0.2) is 9.59 Å². The van der Waals surface area contributed by atoms with Crippen LogP contribution in [-0.2, 0) is 4.89 Å². The zero-order chi connectivity index (χ0) is 17.7. The van der Waals surface area contributed by atoms with E-state index in [4.69, 9.17) is 9.99 Å². The summed E-state index contributed by atoms with van der Waals surface area (Å²) in [5, 5.41) is 8.56. The standard InChI is InChI=1S/C17H15NO6/c1-18(2)17(21)23-14-10-6-5-9-13(14)15(19)11-7-3-4-8-12(11)16(20)24-22/h3-10,22H,1-2H3. The van der Waals surface area contributed by atoms with Crippen molar-refractivity contribution in [1.82, 2.24) is 4.90 Å². The molecule has 2 aromatic rings. The minimum Gasteiger partial charge on any atom is -0.409 e. The van der Waals surface area contributed by atoms with Crippen LogP contribution in [0, 0.1) is 0 Å². The van der Waals surface area contributed by atoms with Crippen LogP contribution < -0.4 is 4.74 Å². The third kappa shape index (κ3) is 3.58. The number of ether oxygens (including phenoxy) is 1. The molecule has 2 rings (SSSR count). The summed E-state index contributed by atoms with van der Waals surface area (Å²) in [5.74, 6) is -1.53. The highest BCUT2D eigenvalue weighted by Crippen LogP contribution is 2.24. The summed E-state index contributed by atoms with van der Waals surface area (Å²) in [6.07, 6.45) is -0.640. The topological polar surface area (TPSA) is 93.1 Å². The first-order chi connectivity index (χ1) is 11.5. The number of amides is 1. The van der Waals surface area contributed by atoms with E-state index in [2.05, 4.69) is 4.89 Å². The van der Waals surface area contributed by atoms with Gasteiger partial charge in [-0.3, -0.25) is 9.68 Å². The molecule has 7 heteroatoms. The van der Waals surface area contributed by atoms with Gasteiger partial charge in [0.15, 0.2) is 5.78 Å². The molecule has 7 nitrogen and oxygen atoms in total. The van der Waals surface area contributed by atoms with Gasteiger partial charge in [-0.05, 0) is 18.2 Å². The number of ketones is 1. The molecule has 0 aromatic heterocycles. The second kappa shape index (κ2) is 7.38. The summed E-state index contributed by atoms with van der Waals surface area (Å²) in [7, 11) is 3.03. The minimum atomic E-state index is -1.05. The molecule has 1 N–H and O–H groups in total. The Kier molecular flexibility index (Phi) is 5.28. The predicted molar refractivity (Wildman–Crippen MR) is 84.1 cm³/mol. The number of carbonyl (C=O) groups excluding carboxylic acids is 3. The molecule has 0 aliphatic carbocycles. The van der Waals surface area contributed by atoms with Crippen LogP contribution in [-0.4, -0.2) is 42.1 Å². The lowest BCUT2D eigenvalue weighted by Crippen LogP contribution is -2.26. The minimum absolute atomic E-state index is 0.0184. The molecule has 1 amide bonds. The average Bonchev–Trinajstić information content (AvgIpc) is 2.60. The van der Waals surface area contributed by atoms with Crippen LogP contribution >= 0.6 is 0 Å². The van der Waals surface area contributed by atoms with Gasteiger partial charge in [-0.15, -0.1) is 0 Å². The van der Waals surface area contributed by atoms with Crippen molar-refractivity contribution in [2.24, 2.45) is 0 Å². The fourth-order valence-electron chi connectivity index (χ4n) is 1.98. The molecule has 0 aliphatic rings. The summed E-state index contributed by atoms with van der Waals surface area (Å²) >= 11 is 0. The number of hydrogen-bond donors (Lipinski definition) is 1. The second-order valence-corrected chi connectivity index (χ2v) is 5.01. The van der Waals surface area contributed by atoms with Gasteiger partial charge in [0, 0.05) is 19.7 Å². The lowest BCUT2D eigenvalue weighted by molar-refractivity contribution is -0.182. The van der Waals surface area contributed by atoms with E-state index in [0.717, 1.165) is 0 Å². The molecule has 0 heterocycles. The zero-order valence-electron chi connectivity index (χ0n) is 13.1. The van der Waals surface area contributed by atoms with Gasteiger partial charge in [0.25, 0.3) is 0 Å². The first kappa shape index (κ1) is 17.2. The molecular formula is C17H15NO6. The van der Waals surface area contributed by atoms with Crippen LogP contribution in [0.1, 0.15) is 26.3 Å². The molecule has 0 saturated carbocycles. The Balaban J connectivity index is 2.45. The lowest BCUT2D eigenvalue weighted by Gasteiger charge is -2.14. The van der Waals surface area contributed by atoms with Gasteiger partial charge in [0.1, 0.15) is 5.75 Å². The third-order valence-electron chi connectivity index (χ3n) is 3.17. The molecule has 0 aliphatic heterocycles. The van der Waals surface area contributed by atoms with E-state index in [9.17, 15) is 14.4 Å². The molecule has 0 fully saturated rings. The number of nitrogens with zero attached hydrogens (tertiary/aromatic N) is 1. The van der Waals surface area contributed by atoms with E-state index < -0.39 is 17.8 Å². The number of hydrogen-bond acceptors (Lipinski definition) is 6. The Morgan fingerprint density at radius 2 is 1.42 bits per heavy atom. The van der Waals surface area contributed by atoms with Crippen LogP contribution in [0.4, 0.5) is 4.79 Å². The van der Waals surface area contributed by atoms with Gasteiger partial charge in [0.05, 0.1) is 11.1 Å². The first-order valence-electron chi connectivity index (χ1n) is 6.93. The van der Waals surface area contributed by atoms with Crippen molar-refractivity contribution in [3.05, 3.63) is 65.2 Å². The molecule has 0 radical (unpaired) electrons. The van der Waals surface area contributed by atoms with Crippen LogP contribution in [0.2, 0.25) is 0 Å². The van der Waals surface area contributed by atoms with Gasteiger partial charge >= 0.3 is 12.1 Å². The maximum absolute atomic E-state index is 12.8. The summed E-state index contributed by atoms with van der Waals surface area (Å²) in [6.45, 7) is 0. The Morgan fingerprint density at radius 3 is 2.00 bits per heavy atom. The lowest BCUT2D eigenvalue weighted by atomic mass is 9.98. The summed E-state index contributed by atoms with van der Waals surface area (Å²) < 4.78 is 5.18. The molecule has 0 atom stereocenters. The quantitative estimate of drug-likeness (QED) is 0.526. The van der Waals surface area contributed by atoms with E-state index >= 15 is 0 Å². The Morgan fingerprint density at radius 1 is 0.875 bits per heavy atom. The Hall–Kier alpha value is -3.19. The van der Waals surface area contributed by atoms with Crippen molar-refractivity contribution in [1.29, 1.82) is 0 Å². The predicted octanol–water partition coefficient (Wildman–Crippen LogP) is 2.61. The molecular weight excluding hydrogens is 314 g/mol. The SMILES string of the molecule is CN(C)C(=O)Oc1ccccc1C(=O)c1ccccc1C(=O)OO. The first-order valence-corrected chi connectivity index (χ1v) is 6.93. The normalized spacial score (nSPS) is 9.96. The highest BCUT2D eigenvalue weighted by Gasteiger charge is 2.22. The molecule has 24 heavy (non-hydrogen) atoms.